The maximum Gasteiger partial charge on any atom is 0.310 e. The highest BCUT2D eigenvalue weighted by atomic mass is 16.5. The van der Waals surface area contributed by atoms with Gasteiger partial charge in [-0.25, -0.2) is 0 Å². The maximum atomic E-state index is 11.4. The summed E-state index contributed by atoms with van der Waals surface area (Å²) in [5.41, 5.74) is 5.18. The second-order valence-electron chi connectivity index (χ2n) is 8.15. The van der Waals surface area contributed by atoms with Crippen molar-refractivity contribution in [3.63, 3.8) is 0 Å². The average molecular weight is 391 g/mol. The standard InChI is InChI=1S/C27H34O2/c1-3-5-6-7-8-21-9-11-22(12-10-21)23-13-15-24(16-14-23)25-17-19-26(20-18-25)29-27(28)4-2/h11,13-21H,3-10,12H2,1-2H3. The zero-order valence-electron chi connectivity index (χ0n) is 18.0. The van der Waals surface area contributed by atoms with E-state index in [2.05, 4.69) is 37.3 Å². The monoisotopic (exact) mass is 390 g/mol. The molecule has 3 rings (SSSR count). The summed E-state index contributed by atoms with van der Waals surface area (Å²) in [6.07, 6.45) is 13.5. The van der Waals surface area contributed by atoms with Crippen molar-refractivity contribution in [3.05, 3.63) is 60.2 Å². The van der Waals surface area contributed by atoms with Crippen molar-refractivity contribution in [1.29, 1.82) is 0 Å². The van der Waals surface area contributed by atoms with Crippen molar-refractivity contribution in [3.8, 4) is 16.9 Å². The average Bonchev–Trinajstić information content (AvgIpc) is 2.78. The Hall–Kier alpha value is -2.35. The Morgan fingerprint density at radius 2 is 1.55 bits per heavy atom. The van der Waals surface area contributed by atoms with E-state index < -0.39 is 0 Å². The van der Waals surface area contributed by atoms with E-state index in [0.29, 0.717) is 12.2 Å². The second kappa shape index (κ2) is 11.0. The van der Waals surface area contributed by atoms with Crippen molar-refractivity contribution in [2.75, 3.05) is 0 Å². The van der Waals surface area contributed by atoms with E-state index in [0.717, 1.165) is 11.5 Å². The van der Waals surface area contributed by atoms with E-state index in [4.69, 9.17) is 4.74 Å². The van der Waals surface area contributed by atoms with Gasteiger partial charge in [-0.2, -0.15) is 0 Å². The van der Waals surface area contributed by atoms with E-state index in [-0.39, 0.29) is 5.97 Å². The number of benzene rings is 2. The molecule has 29 heavy (non-hydrogen) atoms. The SMILES string of the molecule is CCCCCCC1CC=C(c2ccc(-c3ccc(OC(=O)CC)cc3)cc2)CC1. The van der Waals surface area contributed by atoms with Gasteiger partial charge in [0.25, 0.3) is 0 Å². The summed E-state index contributed by atoms with van der Waals surface area (Å²) in [6, 6.07) is 16.6. The third kappa shape index (κ3) is 6.32. The molecule has 0 aliphatic heterocycles. The molecule has 0 aromatic heterocycles. The minimum absolute atomic E-state index is 0.203. The van der Waals surface area contributed by atoms with Crippen LogP contribution in [0.5, 0.6) is 5.75 Å². The first-order valence-electron chi connectivity index (χ1n) is 11.3. The van der Waals surface area contributed by atoms with Gasteiger partial charge in [0.2, 0.25) is 0 Å². The minimum Gasteiger partial charge on any atom is -0.427 e. The van der Waals surface area contributed by atoms with Crippen molar-refractivity contribution < 1.29 is 9.53 Å². The fourth-order valence-corrected chi connectivity index (χ4v) is 4.07. The normalized spacial score (nSPS) is 16.3. The maximum absolute atomic E-state index is 11.4. The van der Waals surface area contributed by atoms with Crippen LogP contribution in [0.15, 0.2) is 54.6 Å². The van der Waals surface area contributed by atoms with Crippen molar-refractivity contribution in [2.24, 2.45) is 5.92 Å². The first-order valence-corrected chi connectivity index (χ1v) is 11.3. The summed E-state index contributed by atoms with van der Waals surface area (Å²) in [4.78, 5) is 11.4. The Bertz CT molecular complexity index is 799. The van der Waals surface area contributed by atoms with E-state index in [1.807, 2.05) is 24.3 Å². The number of unbranched alkanes of at least 4 members (excludes halogenated alkanes) is 3. The molecule has 1 aliphatic rings. The molecule has 1 atom stereocenters. The second-order valence-corrected chi connectivity index (χ2v) is 8.15. The lowest BCUT2D eigenvalue weighted by Gasteiger charge is -2.22. The third-order valence-electron chi connectivity index (χ3n) is 5.95. The first-order chi connectivity index (χ1) is 14.2. The number of rotatable bonds is 9. The molecular weight excluding hydrogens is 356 g/mol. The largest absolute Gasteiger partial charge is 0.427 e. The predicted molar refractivity (Wildman–Crippen MR) is 122 cm³/mol. The number of hydrogen-bond donors (Lipinski definition) is 0. The van der Waals surface area contributed by atoms with Crippen LogP contribution in [0.25, 0.3) is 16.7 Å². The van der Waals surface area contributed by atoms with Gasteiger partial charge in [-0.05, 0) is 59.6 Å². The van der Waals surface area contributed by atoms with Gasteiger partial charge in [0, 0.05) is 6.42 Å². The smallest absolute Gasteiger partial charge is 0.310 e. The number of esters is 1. The molecule has 0 spiro atoms. The van der Waals surface area contributed by atoms with Gasteiger partial charge < -0.3 is 4.74 Å². The van der Waals surface area contributed by atoms with Crippen LogP contribution in [-0.2, 0) is 4.79 Å². The van der Waals surface area contributed by atoms with Crippen molar-refractivity contribution >= 4 is 11.5 Å². The summed E-state index contributed by atoms with van der Waals surface area (Å²) in [6.45, 7) is 4.08. The van der Waals surface area contributed by atoms with Crippen LogP contribution < -0.4 is 4.74 Å². The molecule has 0 amide bonds. The van der Waals surface area contributed by atoms with E-state index in [1.165, 1.54) is 68.1 Å². The molecule has 1 aliphatic carbocycles. The zero-order valence-corrected chi connectivity index (χ0v) is 18.0. The lowest BCUT2D eigenvalue weighted by atomic mass is 9.83. The van der Waals surface area contributed by atoms with Crippen LogP contribution in [0.1, 0.15) is 77.2 Å². The Kier molecular flexibility index (Phi) is 8.10. The molecule has 2 heteroatoms. The molecule has 0 N–H and O–H groups in total. The summed E-state index contributed by atoms with van der Waals surface area (Å²) >= 11 is 0. The summed E-state index contributed by atoms with van der Waals surface area (Å²) < 4.78 is 5.25. The summed E-state index contributed by atoms with van der Waals surface area (Å²) in [5, 5.41) is 0. The number of hydrogen-bond acceptors (Lipinski definition) is 2. The van der Waals surface area contributed by atoms with E-state index in [9.17, 15) is 4.79 Å². The highest BCUT2D eigenvalue weighted by Gasteiger charge is 2.15. The molecule has 2 nitrogen and oxygen atoms in total. The number of carbonyl (C=O) groups is 1. The highest BCUT2D eigenvalue weighted by molar-refractivity contribution is 5.73. The van der Waals surface area contributed by atoms with Gasteiger partial charge in [-0.15, -0.1) is 0 Å². The molecule has 154 valence electrons. The summed E-state index contributed by atoms with van der Waals surface area (Å²) in [7, 11) is 0. The van der Waals surface area contributed by atoms with Crippen LogP contribution in [0.2, 0.25) is 0 Å². The Morgan fingerprint density at radius 3 is 2.14 bits per heavy atom. The molecule has 0 bridgehead atoms. The molecule has 0 heterocycles. The van der Waals surface area contributed by atoms with Crippen LogP contribution in [0, 0.1) is 5.92 Å². The summed E-state index contributed by atoms with van der Waals surface area (Å²) in [5.74, 6) is 1.29. The van der Waals surface area contributed by atoms with E-state index >= 15 is 0 Å². The zero-order chi connectivity index (χ0) is 20.5. The van der Waals surface area contributed by atoms with Gasteiger partial charge in [-0.3, -0.25) is 4.79 Å². The molecule has 2 aromatic rings. The van der Waals surface area contributed by atoms with Gasteiger partial charge in [0.1, 0.15) is 5.75 Å². The minimum atomic E-state index is -0.203. The molecule has 0 fully saturated rings. The van der Waals surface area contributed by atoms with Gasteiger partial charge >= 0.3 is 5.97 Å². The highest BCUT2D eigenvalue weighted by Crippen LogP contribution is 2.33. The van der Waals surface area contributed by atoms with Gasteiger partial charge in [0.05, 0.1) is 0 Å². The molecule has 0 radical (unpaired) electrons. The molecular formula is C27H34O2. The van der Waals surface area contributed by atoms with Crippen LogP contribution >= 0.6 is 0 Å². The van der Waals surface area contributed by atoms with Crippen molar-refractivity contribution in [2.45, 2.75) is 71.6 Å². The number of ether oxygens (including phenoxy) is 1. The molecule has 0 saturated heterocycles. The van der Waals surface area contributed by atoms with Gasteiger partial charge in [-0.1, -0.05) is 88.4 Å². The third-order valence-corrected chi connectivity index (χ3v) is 5.95. The van der Waals surface area contributed by atoms with Gasteiger partial charge in [0.15, 0.2) is 0 Å². The number of carbonyl (C=O) groups excluding carboxylic acids is 1. The van der Waals surface area contributed by atoms with Crippen LogP contribution in [0.4, 0.5) is 0 Å². The fraction of sp³-hybridized carbons (Fsp3) is 0.444. The van der Waals surface area contributed by atoms with Crippen molar-refractivity contribution in [1.82, 2.24) is 0 Å². The Morgan fingerprint density at radius 1 is 0.897 bits per heavy atom. The topological polar surface area (TPSA) is 26.3 Å². The van der Waals surface area contributed by atoms with Crippen LogP contribution in [-0.4, -0.2) is 5.97 Å². The number of allylic oxidation sites excluding steroid dienone is 2. The Balaban J connectivity index is 1.56. The lowest BCUT2D eigenvalue weighted by Crippen LogP contribution is -2.05. The molecule has 1 unspecified atom stereocenters. The Labute approximate surface area is 176 Å². The lowest BCUT2D eigenvalue weighted by molar-refractivity contribution is -0.134. The molecule has 2 aromatic carbocycles. The first kappa shape index (κ1) is 21.4. The molecule has 0 saturated carbocycles. The predicted octanol–water partition coefficient (Wildman–Crippen LogP) is 7.82. The quantitative estimate of drug-likeness (QED) is 0.248. The fourth-order valence-electron chi connectivity index (χ4n) is 4.07. The van der Waals surface area contributed by atoms with E-state index in [1.54, 1.807) is 6.92 Å². The van der Waals surface area contributed by atoms with Crippen LogP contribution in [0.3, 0.4) is 0 Å².